The number of fused-ring (bicyclic) bond motifs is 6. The molecule has 0 unspecified atom stereocenters. The van der Waals surface area contributed by atoms with Gasteiger partial charge >= 0.3 is 12.4 Å². The Hall–Kier alpha value is -4.26. The molecule has 340 valence electrons. The van der Waals surface area contributed by atoms with Gasteiger partial charge in [-0.25, -0.2) is 0 Å². The van der Waals surface area contributed by atoms with E-state index in [1.165, 1.54) is 0 Å². The molecule has 2 saturated carbocycles. The van der Waals surface area contributed by atoms with Gasteiger partial charge in [0.05, 0.1) is 37.0 Å². The maximum atomic E-state index is 13.1. The summed E-state index contributed by atoms with van der Waals surface area (Å²) in [5.41, 5.74) is 1.84. The molecular formula is C44H56F6N6O6. The van der Waals surface area contributed by atoms with Gasteiger partial charge in [0.25, 0.3) is 11.1 Å². The number of likely N-dealkylation sites (tertiary alicyclic amines) is 2. The third-order valence-corrected chi connectivity index (χ3v) is 13.5. The van der Waals surface area contributed by atoms with Gasteiger partial charge in [-0.05, 0) is 75.6 Å². The van der Waals surface area contributed by atoms with Gasteiger partial charge < -0.3 is 30.0 Å². The Morgan fingerprint density at radius 1 is 0.661 bits per heavy atom. The lowest BCUT2D eigenvalue weighted by atomic mass is 9.88. The number of pyridine rings is 2. The molecule has 4 N–H and O–H groups in total. The summed E-state index contributed by atoms with van der Waals surface area (Å²) in [6.07, 6.45) is 0.243. The minimum atomic E-state index is -4.37. The van der Waals surface area contributed by atoms with Crippen LogP contribution in [0.2, 0.25) is 0 Å². The number of aliphatic hydroxyl groups is 2. The molecule has 0 bridgehead atoms. The minimum Gasteiger partial charge on any atom is -0.396 e. The van der Waals surface area contributed by atoms with Crippen molar-refractivity contribution in [2.75, 3.05) is 39.4 Å². The van der Waals surface area contributed by atoms with Crippen LogP contribution in [-0.4, -0.2) is 105 Å². The normalized spacial score (nSPS) is 28.2. The lowest BCUT2D eigenvalue weighted by Gasteiger charge is -2.31. The summed E-state index contributed by atoms with van der Waals surface area (Å²) in [5.74, 6) is -1.48. The summed E-state index contributed by atoms with van der Waals surface area (Å²) in [4.78, 5) is 54.9. The Balaban J connectivity index is 0.000000186. The number of aliphatic hydroxyl groups excluding tert-OH is 2. The van der Waals surface area contributed by atoms with Crippen molar-refractivity contribution in [2.45, 2.75) is 102 Å². The molecule has 62 heavy (non-hydrogen) atoms. The van der Waals surface area contributed by atoms with E-state index < -0.39 is 61.2 Å². The number of alkyl halides is 6. The van der Waals surface area contributed by atoms with Gasteiger partial charge in [-0.3, -0.25) is 29.0 Å². The van der Waals surface area contributed by atoms with E-state index in [0.29, 0.717) is 47.4 Å². The van der Waals surface area contributed by atoms with Gasteiger partial charge in [0.15, 0.2) is 0 Å². The highest BCUT2D eigenvalue weighted by atomic mass is 19.4. The van der Waals surface area contributed by atoms with Gasteiger partial charge in [-0.2, -0.15) is 26.3 Å². The summed E-state index contributed by atoms with van der Waals surface area (Å²) in [6.45, 7) is 3.84. The van der Waals surface area contributed by atoms with E-state index in [2.05, 4.69) is 10.6 Å². The summed E-state index contributed by atoms with van der Waals surface area (Å²) < 4.78 is 81.7. The number of carbonyl (C=O) groups is 2. The fourth-order valence-corrected chi connectivity index (χ4v) is 10.2. The predicted molar refractivity (Wildman–Crippen MR) is 218 cm³/mol. The zero-order chi connectivity index (χ0) is 44.7. The smallest absolute Gasteiger partial charge is 0.390 e. The number of nitrogens with zero attached hydrogens (tertiary/aromatic N) is 4. The van der Waals surface area contributed by atoms with Crippen LogP contribution in [-0.2, 0) is 22.7 Å². The average Bonchev–Trinajstić information content (AvgIpc) is 4.11. The van der Waals surface area contributed by atoms with E-state index in [0.717, 1.165) is 25.7 Å². The van der Waals surface area contributed by atoms with Crippen LogP contribution in [0.5, 0.6) is 0 Å². The SMILES string of the molecule is C/C=C/c1ccc2n(c1=O)C[C@H]1[C@H](CO)[C@@H](C(=O)NCC3CC3)N(CCC(F)(F)F)[C@@H]21.C/C=C\c1ccc2n(c1=O)C[C@H]1[C@H](CO)[C@@H](C(=O)NCC3CC3)N(CCC(F)(F)F)[C@@H]21. The fourth-order valence-electron chi connectivity index (χ4n) is 10.2. The zero-order valence-corrected chi connectivity index (χ0v) is 34.9. The fraction of sp³-hybridized carbons (Fsp3) is 0.636. The van der Waals surface area contributed by atoms with Crippen LogP contribution in [0.3, 0.4) is 0 Å². The number of nitrogens with one attached hydrogen (secondary N) is 2. The minimum absolute atomic E-state index is 0.202. The van der Waals surface area contributed by atoms with Crippen molar-refractivity contribution < 1.29 is 46.1 Å². The summed E-state index contributed by atoms with van der Waals surface area (Å²) in [5, 5.41) is 26.0. The van der Waals surface area contributed by atoms with Crippen molar-refractivity contribution in [3.8, 4) is 0 Å². The molecule has 12 nitrogen and oxygen atoms in total. The summed E-state index contributed by atoms with van der Waals surface area (Å²) in [7, 11) is 0. The van der Waals surface area contributed by atoms with Gasteiger partial charge in [0, 0.05) is 98.7 Å². The number of hydrogen-bond acceptors (Lipinski definition) is 8. The molecule has 6 aliphatic rings. The second-order valence-corrected chi connectivity index (χ2v) is 17.6. The monoisotopic (exact) mass is 878 g/mol. The van der Waals surface area contributed by atoms with Crippen LogP contribution >= 0.6 is 0 Å². The Labute approximate surface area is 355 Å². The highest BCUT2D eigenvalue weighted by molar-refractivity contribution is 5.83. The van der Waals surface area contributed by atoms with E-state index >= 15 is 0 Å². The molecule has 0 spiro atoms. The molecule has 0 radical (unpaired) electrons. The molecule has 2 aliphatic carbocycles. The third kappa shape index (κ3) is 9.62. The number of allylic oxidation sites excluding steroid dienone is 2. The van der Waals surface area contributed by atoms with Crippen LogP contribution in [0.1, 0.15) is 87.0 Å². The molecule has 2 amide bonds. The summed E-state index contributed by atoms with van der Waals surface area (Å²) >= 11 is 0. The van der Waals surface area contributed by atoms with Gasteiger partial charge in [0.2, 0.25) is 11.8 Å². The van der Waals surface area contributed by atoms with E-state index in [4.69, 9.17) is 0 Å². The number of rotatable bonds is 14. The Morgan fingerprint density at radius 3 is 1.34 bits per heavy atom. The highest BCUT2D eigenvalue weighted by Gasteiger charge is 2.57. The first-order chi connectivity index (χ1) is 29.5. The van der Waals surface area contributed by atoms with Crippen molar-refractivity contribution in [3.05, 3.63) is 79.6 Å². The lowest BCUT2D eigenvalue weighted by molar-refractivity contribution is -0.143. The van der Waals surface area contributed by atoms with E-state index in [9.17, 15) is 55.7 Å². The maximum absolute atomic E-state index is 13.1. The second-order valence-electron chi connectivity index (χ2n) is 17.6. The number of hydrogen-bond donors (Lipinski definition) is 4. The number of amides is 2. The number of aromatic nitrogens is 2. The van der Waals surface area contributed by atoms with E-state index in [1.54, 1.807) is 81.4 Å². The topological polar surface area (TPSA) is 149 Å². The quantitative estimate of drug-likeness (QED) is 0.201. The van der Waals surface area contributed by atoms with Crippen molar-refractivity contribution in [3.63, 3.8) is 0 Å². The molecule has 4 aliphatic heterocycles. The number of carbonyl (C=O) groups excluding carboxylic acids is 2. The maximum Gasteiger partial charge on any atom is 0.390 e. The third-order valence-electron chi connectivity index (χ3n) is 13.5. The first-order valence-corrected chi connectivity index (χ1v) is 21.6. The summed E-state index contributed by atoms with van der Waals surface area (Å²) in [6, 6.07) is 4.16. The molecular weight excluding hydrogens is 823 g/mol. The molecule has 18 heteroatoms. The highest BCUT2D eigenvalue weighted by Crippen LogP contribution is 2.51. The molecule has 0 aromatic carbocycles. The van der Waals surface area contributed by atoms with Gasteiger partial charge in [-0.15, -0.1) is 0 Å². The first-order valence-electron chi connectivity index (χ1n) is 21.6. The molecule has 2 aromatic heterocycles. The van der Waals surface area contributed by atoms with E-state index in [-0.39, 0.29) is 74.2 Å². The first kappa shape index (κ1) is 45.8. The molecule has 2 saturated heterocycles. The number of halogens is 6. The molecule has 6 heterocycles. The van der Waals surface area contributed by atoms with E-state index in [1.807, 2.05) is 0 Å². The second kappa shape index (κ2) is 18.5. The molecule has 8 atom stereocenters. The van der Waals surface area contributed by atoms with Crippen molar-refractivity contribution in [1.82, 2.24) is 29.6 Å². The molecule has 2 aromatic rings. The Kier molecular flexibility index (Phi) is 13.6. The van der Waals surface area contributed by atoms with Crippen molar-refractivity contribution in [1.29, 1.82) is 0 Å². The lowest BCUT2D eigenvalue weighted by Crippen LogP contribution is -2.49. The Morgan fingerprint density at radius 2 is 1.03 bits per heavy atom. The van der Waals surface area contributed by atoms with Crippen LogP contribution < -0.4 is 21.8 Å². The average molecular weight is 879 g/mol. The standard InChI is InChI=1S/2C22H28F3N3O3/c2*1-2-3-14-6-7-17-18-15(11-28(17)21(14)31)16(12-29)19(20(30)26-10-13-4-5-13)27(18)9-8-22(23,24)25/h2*2-3,6-7,13,15-16,18-19,29H,4-5,8-12H2,1H3,(H,26,30)/b3-2+;3-2-/t2*15-,16-,18+,19-/m00/s1. The van der Waals surface area contributed by atoms with Crippen LogP contribution in [0.15, 0.2) is 46.0 Å². The Bertz CT molecular complexity index is 2000. The van der Waals surface area contributed by atoms with Gasteiger partial charge in [-0.1, -0.05) is 24.3 Å². The van der Waals surface area contributed by atoms with Crippen LogP contribution in [0.25, 0.3) is 12.2 Å². The van der Waals surface area contributed by atoms with Crippen LogP contribution in [0, 0.1) is 35.5 Å². The molecule has 4 fully saturated rings. The van der Waals surface area contributed by atoms with Crippen molar-refractivity contribution in [2.24, 2.45) is 35.5 Å². The molecule has 8 rings (SSSR count). The largest absolute Gasteiger partial charge is 0.396 e. The zero-order valence-electron chi connectivity index (χ0n) is 34.9. The van der Waals surface area contributed by atoms with Crippen molar-refractivity contribution >= 4 is 24.0 Å². The van der Waals surface area contributed by atoms with Crippen LogP contribution in [0.4, 0.5) is 26.3 Å². The predicted octanol–water partition coefficient (Wildman–Crippen LogP) is 4.65. The van der Waals surface area contributed by atoms with Gasteiger partial charge in [0.1, 0.15) is 0 Å².